The van der Waals surface area contributed by atoms with Gasteiger partial charge in [0.1, 0.15) is 5.78 Å². The molecule has 0 spiro atoms. The van der Waals surface area contributed by atoms with E-state index in [9.17, 15) is 4.79 Å². The Hall–Kier alpha value is -1.22. The molecule has 0 radical (unpaired) electrons. The van der Waals surface area contributed by atoms with Crippen LogP contribution in [0.25, 0.3) is 10.2 Å². The molecular formula is C12H13NOS. The van der Waals surface area contributed by atoms with Gasteiger partial charge in [-0.1, -0.05) is 19.1 Å². The third kappa shape index (κ3) is 2.23. The number of ketones is 1. The van der Waals surface area contributed by atoms with Crippen molar-refractivity contribution in [3.63, 3.8) is 0 Å². The summed E-state index contributed by atoms with van der Waals surface area (Å²) >= 11 is 1.68. The largest absolute Gasteiger partial charge is 0.300 e. The van der Waals surface area contributed by atoms with Gasteiger partial charge in [-0.25, -0.2) is 4.98 Å². The van der Waals surface area contributed by atoms with Crippen LogP contribution in [0.15, 0.2) is 24.3 Å². The first-order chi connectivity index (χ1) is 7.16. The number of para-hydroxylation sites is 1. The number of carbonyl (C=O) groups excluding carboxylic acids is 1. The summed E-state index contributed by atoms with van der Waals surface area (Å²) in [6.45, 7) is 3.68. The molecular weight excluding hydrogens is 206 g/mol. The van der Waals surface area contributed by atoms with E-state index in [1.807, 2.05) is 18.2 Å². The predicted molar refractivity (Wildman–Crippen MR) is 63.3 cm³/mol. The molecule has 0 bridgehead atoms. The molecule has 15 heavy (non-hydrogen) atoms. The number of aromatic nitrogens is 1. The highest BCUT2D eigenvalue weighted by atomic mass is 32.1. The molecule has 0 aliphatic heterocycles. The number of nitrogens with zero attached hydrogens (tertiary/aromatic N) is 1. The summed E-state index contributed by atoms with van der Waals surface area (Å²) in [5, 5.41) is 1.06. The third-order valence-corrected chi connectivity index (χ3v) is 3.59. The lowest BCUT2D eigenvalue weighted by Gasteiger charge is -2.03. The van der Waals surface area contributed by atoms with Gasteiger partial charge < -0.3 is 4.79 Å². The van der Waals surface area contributed by atoms with Gasteiger partial charge in [0.15, 0.2) is 0 Å². The summed E-state index contributed by atoms with van der Waals surface area (Å²) in [6, 6.07) is 8.08. The minimum atomic E-state index is 0.224. The van der Waals surface area contributed by atoms with Gasteiger partial charge in [-0.15, -0.1) is 11.3 Å². The maximum atomic E-state index is 11.0. The van der Waals surface area contributed by atoms with E-state index < -0.39 is 0 Å². The summed E-state index contributed by atoms with van der Waals surface area (Å²) in [5.41, 5.74) is 1.04. The summed E-state index contributed by atoms with van der Waals surface area (Å²) in [7, 11) is 0. The van der Waals surface area contributed by atoms with E-state index in [2.05, 4.69) is 18.0 Å². The van der Waals surface area contributed by atoms with Crippen molar-refractivity contribution in [3.8, 4) is 0 Å². The van der Waals surface area contributed by atoms with Crippen LogP contribution in [0.4, 0.5) is 0 Å². The van der Waals surface area contributed by atoms with Gasteiger partial charge in [-0.05, 0) is 19.1 Å². The predicted octanol–water partition coefficient (Wildman–Crippen LogP) is 3.38. The first kappa shape index (κ1) is 10.3. The standard InChI is InChI=1S/C12H13NOS/c1-8(7-9(2)14)12-13-10-5-3-4-6-11(10)15-12/h3-6,8H,7H2,1-2H3. The first-order valence-corrected chi connectivity index (χ1v) is 5.83. The smallest absolute Gasteiger partial charge is 0.130 e. The number of Topliss-reactive ketones (excluding diaryl/α,β-unsaturated/α-hetero) is 1. The quantitative estimate of drug-likeness (QED) is 0.792. The molecule has 1 unspecified atom stereocenters. The van der Waals surface area contributed by atoms with Crippen molar-refractivity contribution in [3.05, 3.63) is 29.3 Å². The molecule has 0 fully saturated rings. The molecule has 0 saturated heterocycles. The van der Waals surface area contributed by atoms with Crippen LogP contribution in [0, 0.1) is 0 Å². The monoisotopic (exact) mass is 219 g/mol. The highest BCUT2D eigenvalue weighted by Crippen LogP contribution is 2.28. The minimum Gasteiger partial charge on any atom is -0.300 e. The van der Waals surface area contributed by atoms with E-state index in [4.69, 9.17) is 0 Å². The highest BCUT2D eigenvalue weighted by Gasteiger charge is 2.12. The van der Waals surface area contributed by atoms with E-state index in [1.165, 1.54) is 4.70 Å². The van der Waals surface area contributed by atoms with E-state index in [1.54, 1.807) is 18.3 Å². The molecule has 0 N–H and O–H groups in total. The second-order valence-electron chi connectivity index (χ2n) is 3.83. The van der Waals surface area contributed by atoms with Gasteiger partial charge in [-0.3, -0.25) is 0 Å². The fourth-order valence-electron chi connectivity index (χ4n) is 1.62. The number of hydrogen-bond acceptors (Lipinski definition) is 3. The van der Waals surface area contributed by atoms with Gasteiger partial charge in [0.2, 0.25) is 0 Å². The second kappa shape index (κ2) is 4.11. The summed E-state index contributed by atoms with van der Waals surface area (Å²) in [6.07, 6.45) is 0.583. The van der Waals surface area contributed by atoms with Crippen molar-refractivity contribution in [2.24, 2.45) is 0 Å². The van der Waals surface area contributed by atoms with Crippen LogP contribution in [0.5, 0.6) is 0 Å². The van der Waals surface area contributed by atoms with Crippen LogP contribution in [0.1, 0.15) is 31.2 Å². The van der Waals surface area contributed by atoms with E-state index in [-0.39, 0.29) is 11.7 Å². The number of carbonyl (C=O) groups is 1. The summed E-state index contributed by atoms with van der Waals surface area (Å²) in [5.74, 6) is 0.460. The van der Waals surface area contributed by atoms with Gasteiger partial charge in [-0.2, -0.15) is 0 Å². The molecule has 1 heterocycles. The fourth-order valence-corrected chi connectivity index (χ4v) is 2.64. The molecule has 78 valence electrons. The molecule has 2 aromatic rings. The number of rotatable bonds is 3. The van der Waals surface area contributed by atoms with Crippen molar-refractivity contribution < 1.29 is 4.79 Å². The second-order valence-corrected chi connectivity index (χ2v) is 4.89. The Kier molecular flexibility index (Phi) is 2.82. The molecule has 2 rings (SSSR count). The molecule has 2 nitrogen and oxygen atoms in total. The lowest BCUT2D eigenvalue weighted by Crippen LogP contribution is -1.99. The van der Waals surface area contributed by atoms with Crippen LogP contribution in [0.2, 0.25) is 0 Å². The zero-order chi connectivity index (χ0) is 10.8. The van der Waals surface area contributed by atoms with E-state index in [0.717, 1.165) is 10.5 Å². The van der Waals surface area contributed by atoms with Gasteiger partial charge >= 0.3 is 0 Å². The van der Waals surface area contributed by atoms with Crippen LogP contribution < -0.4 is 0 Å². The Bertz CT molecular complexity index is 456. The van der Waals surface area contributed by atoms with Crippen molar-refractivity contribution >= 4 is 27.3 Å². The molecule has 0 saturated carbocycles. The SMILES string of the molecule is CC(=O)CC(C)c1nc2ccccc2s1. The molecule has 3 heteroatoms. The maximum absolute atomic E-state index is 11.0. The maximum Gasteiger partial charge on any atom is 0.130 e. The first-order valence-electron chi connectivity index (χ1n) is 5.01. The topological polar surface area (TPSA) is 30.0 Å². The van der Waals surface area contributed by atoms with Crippen molar-refractivity contribution in [1.29, 1.82) is 0 Å². The van der Waals surface area contributed by atoms with Gasteiger partial charge in [0.05, 0.1) is 15.2 Å². The minimum absolute atomic E-state index is 0.224. The lowest BCUT2D eigenvalue weighted by atomic mass is 10.1. The molecule has 0 aliphatic carbocycles. The Morgan fingerprint density at radius 1 is 1.47 bits per heavy atom. The van der Waals surface area contributed by atoms with Crippen molar-refractivity contribution in [2.45, 2.75) is 26.2 Å². The van der Waals surface area contributed by atoms with Gasteiger partial charge in [0.25, 0.3) is 0 Å². The molecule has 0 aliphatic rings. The number of benzene rings is 1. The Morgan fingerprint density at radius 3 is 2.87 bits per heavy atom. The van der Waals surface area contributed by atoms with Gasteiger partial charge in [0, 0.05) is 12.3 Å². The van der Waals surface area contributed by atoms with Crippen LogP contribution in [-0.2, 0) is 4.79 Å². The average molecular weight is 219 g/mol. The Labute approximate surface area is 93.0 Å². The van der Waals surface area contributed by atoms with Crippen LogP contribution in [0.3, 0.4) is 0 Å². The molecule has 1 aromatic heterocycles. The normalized spacial score (nSPS) is 12.9. The summed E-state index contributed by atoms with van der Waals surface area (Å²) < 4.78 is 1.20. The Balaban J connectivity index is 2.32. The lowest BCUT2D eigenvalue weighted by molar-refractivity contribution is -0.117. The zero-order valence-electron chi connectivity index (χ0n) is 8.86. The Morgan fingerprint density at radius 2 is 2.20 bits per heavy atom. The molecule has 1 atom stereocenters. The highest BCUT2D eigenvalue weighted by molar-refractivity contribution is 7.18. The molecule has 0 amide bonds. The number of thiazole rings is 1. The zero-order valence-corrected chi connectivity index (χ0v) is 9.67. The van der Waals surface area contributed by atoms with Crippen LogP contribution >= 0.6 is 11.3 Å². The van der Waals surface area contributed by atoms with Crippen molar-refractivity contribution in [2.75, 3.05) is 0 Å². The molecule has 1 aromatic carbocycles. The summed E-state index contributed by atoms with van der Waals surface area (Å²) in [4.78, 5) is 15.6. The number of fused-ring (bicyclic) bond motifs is 1. The van der Waals surface area contributed by atoms with E-state index in [0.29, 0.717) is 6.42 Å². The van der Waals surface area contributed by atoms with Crippen LogP contribution in [-0.4, -0.2) is 10.8 Å². The third-order valence-electron chi connectivity index (χ3n) is 2.33. The number of hydrogen-bond donors (Lipinski definition) is 0. The van der Waals surface area contributed by atoms with Crippen molar-refractivity contribution in [1.82, 2.24) is 4.98 Å². The average Bonchev–Trinajstić information content (AvgIpc) is 2.59. The fraction of sp³-hybridized carbons (Fsp3) is 0.333. The van der Waals surface area contributed by atoms with E-state index >= 15 is 0 Å².